The number of carbonyl (C=O) groups is 1. The number of hydrogen-bond donors (Lipinski definition) is 1. The summed E-state index contributed by atoms with van der Waals surface area (Å²) in [4.78, 5) is 13.1. The van der Waals surface area contributed by atoms with Gasteiger partial charge >= 0.3 is 0 Å². The van der Waals surface area contributed by atoms with E-state index in [-0.39, 0.29) is 11.8 Å². The fraction of sp³-hybridized carbons (Fsp3) is 0.667. The van der Waals surface area contributed by atoms with Crippen molar-refractivity contribution in [2.75, 3.05) is 19.6 Å². The van der Waals surface area contributed by atoms with Crippen molar-refractivity contribution in [1.82, 2.24) is 4.90 Å². The highest BCUT2D eigenvalue weighted by Crippen LogP contribution is 2.15. The van der Waals surface area contributed by atoms with Crippen LogP contribution in [0.15, 0.2) is 12.7 Å². The van der Waals surface area contributed by atoms with Gasteiger partial charge in [-0.2, -0.15) is 0 Å². The molecule has 1 aliphatic rings. The molecular weight excluding hydrogens is 152 g/mol. The monoisotopic (exact) mass is 168 g/mol. The SMILES string of the molecule is C=CCN1CCC(C(N)=O)CC1. The minimum absolute atomic E-state index is 0.103. The normalized spacial score (nSPS) is 20.7. The molecule has 12 heavy (non-hydrogen) atoms. The zero-order valence-corrected chi connectivity index (χ0v) is 7.33. The average molecular weight is 168 g/mol. The predicted molar refractivity (Wildman–Crippen MR) is 48.6 cm³/mol. The van der Waals surface area contributed by atoms with Crippen molar-refractivity contribution < 1.29 is 4.79 Å². The van der Waals surface area contributed by atoms with Crippen LogP contribution < -0.4 is 5.73 Å². The van der Waals surface area contributed by atoms with Crippen LogP contribution >= 0.6 is 0 Å². The smallest absolute Gasteiger partial charge is 0.220 e. The van der Waals surface area contributed by atoms with Gasteiger partial charge in [-0.3, -0.25) is 9.69 Å². The number of amides is 1. The molecule has 3 heteroatoms. The standard InChI is InChI=1S/C9H16N2O/c1-2-5-11-6-3-8(4-7-11)9(10)12/h2,8H,1,3-7H2,(H2,10,12). The molecule has 0 aromatic carbocycles. The molecule has 3 nitrogen and oxygen atoms in total. The summed E-state index contributed by atoms with van der Waals surface area (Å²) < 4.78 is 0. The van der Waals surface area contributed by atoms with E-state index in [1.165, 1.54) is 0 Å². The van der Waals surface area contributed by atoms with Crippen molar-refractivity contribution in [2.45, 2.75) is 12.8 Å². The van der Waals surface area contributed by atoms with Crippen LogP contribution in [0, 0.1) is 5.92 Å². The molecule has 0 spiro atoms. The van der Waals surface area contributed by atoms with Gasteiger partial charge in [-0.1, -0.05) is 6.08 Å². The third-order valence-electron chi connectivity index (χ3n) is 2.38. The molecule has 0 saturated carbocycles. The van der Waals surface area contributed by atoms with E-state index >= 15 is 0 Å². The second-order valence-electron chi connectivity index (χ2n) is 3.27. The number of nitrogens with zero attached hydrogens (tertiary/aromatic N) is 1. The van der Waals surface area contributed by atoms with E-state index in [1.807, 2.05) is 6.08 Å². The van der Waals surface area contributed by atoms with Crippen LogP contribution in [-0.2, 0) is 4.79 Å². The summed E-state index contributed by atoms with van der Waals surface area (Å²) in [5, 5.41) is 0. The molecule has 1 rings (SSSR count). The highest BCUT2D eigenvalue weighted by Gasteiger charge is 2.21. The third-order valence-corrected chi connectivity index (χ3v) is 2.38. The van der Waals surface area contributed by atoms with E-state index in [0.29, 0.717) is 0 Å². The summed E-state index contributed by atoms with van der Waals surface area (Å²) in [5.74, 6) is -0.0423. The Morgan fingerprint density at radius 2 is 2.17 bits per heavy atom. The maximum atomic E-state index is 10.8. The quantitative estimate of drug-likeness (QED) is 0.619. The van der Waals surface area contributed by atoms with Crippen LogP contribution in [0.3, 0.4) is 0 Å². The van der Waals surface area contributed by atoms with Crippen LogP contribution in [0.2, 0.25) is 0 Å². The van der Waals surface area contributed by atoms with Crippen LogP contribution in [0.5, 0.6) is 0 Å². The Bertz CT molecular complexity index is 171. The molecule has 68 valence electrons. The molecule has 1 aliphatic heterocycles. The zero-order chi connectivity index (χ0) is 8.97. The maximum absolute atomic E-state index is 10.8. The van der Waals surface area contributed by atoms with E-state index in [4.69, 9.17) is 5.73 Å². The van der Waals surface area contributed by atoms with Crippen LogP contribution in [0.25, 0.3) is 0 Å². The van der Waals surface area contributed by atoms with Gasteiger partial charge in [-0.05, 0) is 25.9 Å². The van der Waals surface area contributed by atoms with Crippen molar-refractivity contribution in [3.05, 3.63) is 12.7 Å². The highest BCUT2D eigenvalue weighted by molar-refractivity contribution is 5.76. The Morgan fingerprint density at radius 3 is 2.58 bits per heavy atom. The first-order valence-electron chi connectivity index (χ1n) is 4.36. The largest absolute Gasteiger partial charge is 0.369 e. The molecule has 0 bridgehead atoms. The molecule has 1 heterocycles. The fourth-order valence-corrected chi connectivity index (χ4v) is 1.58. The van der Waals surface area contributed by atoms with Gasteiger partial charge in [0.15, 0.2) is 0 Å². The lowest BCUT2D eigenvalue weighted by Crippen LogP contribution is -2.38. The van der Waals surface area contributed by atoms with Gasteiger partial charge in [-0.15, -0.1) is 6.58 Å². The number of piperidine rings is 1. The van der Waals surface area contributed by atoms with Gasteiger partial charge < -0.3 is 5.73 Å². The van der Waals surface area contributed by atoms with E-state index in [9.17, 15) is 4.79 Å². The summed E-state index contributed by atoms with van der Waals surface area (Å²) in [5.41, 5.74) is 5.21. The maximum Gasteiger partial charge on any atom is 0.220 e. The van der Waals surface area contributed by atoms with Gasteiger partial charge in [0.25, 0.3) is 0 Å². The second kappa shape index (κ2) is 4.26. The van der Waals surface area contributed by atoms with Crippen LogP contribution in [-0.4, -0.2) is 30.4 Å². The lowest BCUT2D eigenvalue weighted by atomic mass is 9.96. The number of rotatable bonds is 3. The van der Waals surface area contributed by atoms with Crippen LogP contribution in [0.1, 0.15) is 12.8 Å². The van der Waals surface area contributed by atoms with Gasteiger partial charge in [0.2, 0.25) is 5.91 Å². The minimum atomic E-state index is -0.145. The van der Waals surface area contributed by atoms with Crippen molar-refractivity contribution >= 4 is 5.91 Å². The van der Waals surface area contributed by atoms with Gasteiger partial charge in [-0.25, -0.2) is 0 Å². The molecule has 0 atom stereocenters. The lowest BCUT2D eigenvalue weighted by molar-refractivity contribution is -0.123. The van der Waals surface area contributed by atoms with E-state index in [2.05, 4.69) is 11.5 Å². The topological polar surface area (TPSA) is 46.3 Å². The first-order chi connectivity index (χ1) is 5.74. The number of nitrogens with two attached hydrogens (primary N) is 1. The summed E-state index contributed by atoms with van der Waals surface area (Å²) >= 11 is 0. The number of hydrogen-bond acceptors (Lipinski definition) is 2. The highest BCUT2D eigenvalue weighted by atomic mass is 16.1. The summed E-state index contributed by atoms with van der Waals surface area (Å²) in [7, 11) is 0. The molecule has 1 saturated heterocycles. The minimum Gasteiger partial charge on any atom is -0.369 e. The molecular formula is C9H16N2O. The first kappa shape index (κ1) is 9.26. The summed E-state index contributed by atoms with van der Waals surface area (Å²) in [6, 6.07) is 0. The molecule has 0 aliphatic carbocycles. The Balaban J connectivity index is 2.29. The molecule has 1 amide bonds. The van der Waals surface area contributed by atoms with Crippen LogP contribution in [0.4, 0.5) is 0 Å². The van der Waals surface area contributed by atoms with E-state index < -0.39 is 0 Å². The van der Waals surface area contributed by atoms with Gasteiger partial charge in [0.1, 0.15) is 0 Å². The molecule has 0 aromatic heterocycles. The average Bonchev–Trinajstić information content (AvgIpc) is 2.06. The van der Waals surface area contributed by atoms with Crippen molar-refractivity contribution in [3.8, 4) is 0 Å². The number of primary amides is 1. The van der Waals surface area contributed by atoms with Crippen molar-refractivity contribution in [1.29, 1.82) is 0 Å². The number of carbonyl (C=O) groups excluding carboxylic acids is 1. The fourth-order valence-electron chi connectivity index (χ4n) is 1.58. The molecule has 1 fully saturated rings. The van der Waals surface area contributed by atoms with Gasteiger partial charge in [0.05, 0.1) is 0 Å². The van der Waals surface area contributed by atoms with E-state index in [1.54, 1.807) is 0 Å². The zero-order valence-electron chi connectivity index (χ0n) is 7.33. The Morgan fingerprint density at radius 1 is 1.58 bits per heavy atom. The van der Waals surface area contributed by atoms with Crippen molar-refractivity contribution in [3.63, 3.8) is 0 Å². The lowest BCUT2D eigenvalue weighted by Gasteiger charge is -2.29. The first-order valence-corrected chi connectivity index (χ1v) is 4.36. The Kier molecular flexibility index (Phi) is 3.29. The molecule has 0 radical (unpaired) electrons. The summed E-state index contributed by atoms with van der Waals surface area (Å²) in [6.45, 7) is 6.54. The van der Waals surface area contributed by atoms with E-state index in [0.717, 1.165) is 32.5 Å². The van der Waals surface area contributed by atoms with Crippen molar-refractivity contribution in [2.24, 2.45) is 11.7 Å². The molecule has 2 N–H and O–H groups in total. The summed E-state index contributed by atoms with van der Waals surface area (Å²) in [6.07, 6.45) is 3.71. The Labute approximate surface area is 73.2 Å². The molecule has 0 unspecified atom stereocenters. The predicted octanol–water partition coefficient (Wildman–Crippen LogP) is 0.370. The molecule has 0 aromatic rings. The number of likely N-dealkylation sites (tertiary alicyclic amines) is 1. The Hall–Kier alpha value is -0.830. The van der Waals surface area contributed by atoms with Gasteiger partial charge in [0, 0.05) is 12.5 Å². The second-order valence-corrected chi connectivity index (χ2v) is 3.27. The third kappa shape index (κ3) is 2.34.